The zero-order valence-electron chi connectivity index (χ0n) is 13.4. The molecule has 0 spiro atoms. The Morgan fingerprint density at radius 2 is 1.92 bits per heavy atom. The summed E-state index contributed by atoms with van der Waals surface area (Å²) in [5.41, 5.74) is 4.52. The molecular weight excluding hydrogens is 312 g/mol. The number of anilines is 1. The summed E-state index contributed by atoms with van der Waals surface area (Å²) in [7, 11) is 0. The van der Waals surface area contributed by atoms with Crippen molar-refractivity contribution in [2.75, 3.05) is 5.32 Å². The Balaban J connectivity index is 1.60. The van der Waals surface area contributed by atoms with Crippen molar-refractivity contribution in [1.82, 2.24) is 15.0 Å². The van der Waals surface area contributed by atoms with Gasteiger partial charge in [0.1, 0.15) is 5.65 Å². The molecule has 122 valence electrons. The van der Waals surface area contributed by atoms with Gasteiger partial charge < -0.3 is 10.3 Å². The highest BCUT2D eigenvalue weighted by molar-refractivity contribution is 5.95. The van der Waals surface area contributed by atoms with Crippen molar-refractivity contribution >= 4 is 22.6 Å². The molecular formula is C20H16N4O. The van der Waals surface area contributed by atoms with E-state index in [4.69, 9.17) is 0 Å². The zero-order valence-corrected chi connectivity index (χ0v) is 13.4. The topological polar surface area (TPSA) is 70.7 Å². The van der Waals surface area contributed by atoms with Crippen LogP contribution in [0, 0.1) is 0 Å². The highest BCUT2D eigenvalue weighted by atomic mass is 16.1. The first-order valence-electron chi connectivity index (χ1n) is 8.01. The smallest absolute Gasteiger partial charge is 0.228 e. The van der Waals surface area contributed by atoms with Crippen LogP contribution in [0.5, 0.6) is 0 Å². The van der Waals surface area contributed by atoms with Crippen molar-refractivity contribution in [3.63, 3.8) is 0 Å². The SMILES string of the molecule is O=C(Cc1c[nH]c2ncc(-c3ccccc3)cc12)Nc1cccnc1. The molecule has 1 aromatic carbocycles. The summed E-state index contributed by atoms with van der Waals surface area (Å²) >= 11 is 0. The van der Waals surface area contributed by atoms with E-state index in [-0.39, 0.29) is 12.3 Å². The number of rotatable bonds is 4. The molecule has 4 rings (SSSR count). The maximum atomic E-state index is 12.3. The van der Waals surface area contributed by atoms with E-state index in [1.165, 1.54) is 0 Å². The Morgan fingerprint density at radius 3 is 2.72 bits per heavy atom. The summed E-state index contributed by atoms with van der Waals surface area (Å²) in [4.78, 5) is 23.9. The van der Waals surface area contributed by atoms with E-state index in [0.29, 0.717) is 5.69 Å². The Hall–Kier alpha value is -3.47. The van der Waals surface area contributed by atoms with Gasteiger partial charge in [0.2, 0.25) is 5.91 Å². The van der Waals surface area contributed by atoms with Crippen molar-refractivity contribution < 1.29 is 4.79 Å². The van der Waals surface area contributed by atoms with E-state index in [1.54, 1.807) is 18.5 Å². The second-order valence-electron chi connectivity index (χ2n) is 5.77. The average Bonchev–Trinajstić information content (AvgIpc) is 3.05. The highest BCUT2D eigenvalue weighted by Crippen LogP contribution is 2.25. The summed E-state index contributed by atoms with van der Waals surface area (Å²) in [6.45, 7) is 0. The predicted octanol–water partition coefficient (Wildman–Crippen LogP) is 3.81. The number of nitrogens with one attached hydrogen (secondary N) is 2. The molecule has 0 aliphatic heterocycles. The number of carbonyl (C=O) groups excluding carboxylic acids is 1. The molecule has 0 aliphatic rings. The lowest BCUT2D eigenvalue weighted by Gasteiger charge is -2.05. The van der Waals surface area contributed by atoms with Gasteiger partial charge in [0.05, 0.1) is 18.3 Å². The monoisotopic (exact) mass is 328 g/mol. The number of aromatic amines is 1. The van der Waals surface area contributed by atoms with E-state index in [2.05, 4.69) is 26.3 Å². The number of benzene rings is 1. The second-order valence-corrected chi connectivity index (χ2v) is 5.77. The van der Waals surface area contributed by atoms with Crippen molar-refractivity contribution in [2.45, 2.75) is 6.42 Å². The van der Waals surface area contributed by atoms with Crippen LogP contribution in [0.4, 0.5) is 5.69 Å². The van der Waals surface area contributed by atoms with Gasteiger partial charge in [-0.05, 0) is 29.3 Å². The van der Waals surface area contributed by atoms with E-state index < -0.39 is 0 Å². The fourth-order valence-electron chi connectivity index (χ4n) is 2.81. The molecule has 0 aliphatic carbocycles. The van der Waals surface area contributed by atoms with Gasteiger partial charge in [0, 0.05) is 29.5 Å². The van der Waals surface area contributed by atoms with Crippen molar-refractivity contribution in [1.29, 1.82) is 0 Å². The number of carbonyl (C=O) groups is 1. The molecule has 5 nitrogen and oxygen atoms in total. The van der Waals surface area contributed by atoms with Gasteiger partial charge >= 0.3 is 0 Å². The van der Waals surface area contributed by atoms with E-state index in [0.717, 1.165) is 27.7 Å². The van der Waals surface area contributed by atoms with Crippen molar-refractivity contribution in [3.8, 4) is 11.1 Å². The molecule has 0 bridgehead atoms. The lowest BCUT2D eigenvalue weighted by atomic mass is 10.0. The molecule has 0 unspecified atom stereocenters. The molecule has 1 amide bonds. The van der Waals surface area contributed by atoms with Crippen molar-refractivity contribution in [3.05, 3.63) is 78.9 Å². The Bertz CT molecular complexity index is 1010. The van der Waals surface area contributed by atoms with E-state index in [9.17, 15) is 4.79 Å². The molecule has 2 N–H and O–H groups in total. The fraction of sp³-hybridized carbons (Fsp3) is 0.0500. The third-order valence-electron chi connectivity index (χ3n) is 4.02. The van der Waals surface area contributed by atoms with Gasteiger partial charge in [0.25, 0.3) is 0 Å². The maximum Gasteiger partial charge on any atom is 0.228 e. The van der Waals surface area contributed by atoms with Crippen LogP contribution in [0.25, 0.3) is 22.2 Å². The lowest BCUT2D eigenvalue weighted by Crippen LogP contribution is -2.14. The number of hydrogen-bond acceptors (Lipinski definition) is 3. The Kier molecular flexibility index (Phi) is 3.96. The zero-order chi connectivity index (χ0) is 17.1. The Morgan fingerprint density at radius 1 is 1.04 bits per heavy atom. The molecule has 4 aromatic rings. The van der Waals surface area contributed by atoms with Crippen LogP contribution in [0.2, 0.25) is 0 Å². The molecule has 5 heteroatoms. The largest absolute Gasteiger partial charge is 0.346 e. The average molecular weight is 328 g/mol. The van der Waals surface area contributed by atoms with Gasteiger partial charge in [-0.1, -0.05) is 30.3 Å². The van der Waals surface area contributed by atoms with Crippen LogP contribution in [0.1, 0.15) is 5.56 Å². The van der Waals surface area contributed by atoms with Gasteiger partial charge in [-0.15, -0.1) is 0 Å². The third-order valence-corrected chi connectivity index (χ3v) is 4.02. The van der Waals surface area contributed by atoms with Crippen LogP contribution in [0.3, 0.4) is 0 Å². The highest BCUT2D eigenvalue weighted by Gasteiger charge is 2.11. The number of pyridine rings is 2. The number of aromatic nitrogens is 3. The summed E-state index contributed by atoms with van der Waals surface area (Å²) < 4.78 is 0. The lowest BCUT2D eigenvalue weighted by molar-refractivity contribution is -0.115. The minimum Gasteiger partial charge on any atom is -0.346 e. The molecule has 0 saturated heterocycles. The summed E-state index contributed by atoms with van der Waals surface area (Å²) in [6.07, 6.45) is 7.26. The molecule has 3 heterocycles. The molecule has 0 fully saturated rings. The molecule has 0 saturated carbocycles. The van der Waals surface area contributed by atoms with Crippen LogP contribution in [-0.2, 0) is 11.2 Å². The normalized spacial score (nSPS) is 10.7. The molecule has 0 atom stereocenters. The second kappa shape index (κ2) is 6.57. The first-order chi connectivity index (χ1) is 12.3. The van der Waals surface area contributed by atoms with Crippen molar-refractivity contribution in [2.24, 2.45) is 0 Å². The first-order valence-corrected chi connectivity index (χ1v) is 8.01. The van der Waals surface area contributed by atoms with Gasteiger partial charge in [0.15, 0.2) is 0 Å². The summed E-state index contributed by atoms with van der Waals surface area (Å²) in [5, 5.41) is 3.82. The van der Waals surface area contributed by atoms with Gasteiger partial charge in [-0.3, -0.25) is 9.78 Å². The number of hydrogen-bond donors (Lipinski definition) is 2. The van der Waals surface area contributed by atoms with Crippen LogP contribution in [-0.4, -0.2) is 20.9 Å². The van der Waals surface area contributed by atoms with Gasteiger partial charge in [-0.2, -0.15) is 0 Å². The Labute approximate surface area is 144 Å². The standard InChI is InChI=1S/C20H16N4O/c25-19(24-17-7-4-8-21-13-17)10-16-12-23-20-18(16)9-15(11-22-20)14-5-2-1-3-6-14/h1-9,11-13H,10H2,(H,22,23)(H,24,25). The predicted molar refractivity (Wildman–Crippen MR) is 98.1 cm³/mol. The summed E-state index contributed by atoms with van der Waals surface area (Å²) in [5.74, 6) is -0.0842. The maximum absolute atomic E-state index is 12.3. The number of nitrogens with zero attached hydrogens (tertiary/aromatic N) is 2. The number of H-pyrrole nitrogens is 1. The minimum absolute atomic E-state index is 0.0842. The van der Waals surface area contributed by atoms with E-state index >= 15 is 0 Å². The minimum atomic E-state index is -0.0842. The third kappa shape index (κ3) is 3.26. The van der Waals surface area contributed by atoms with Crippen LogP contribution < -0.4 is 5.32 Å². The summed E-state index contributed by atoms with van der Waals surface area (Å²) in [6, 6.07) is 15.7. The number of amides is 1. The number of fused-ring (bicyclic) bond motifs is 1. The van der Waals surface area contributed by atoms with Crippen LogP contribution >= 0.6 is 0 Å². The molecule has 25 heavy (non-hydrogen) atoms. The van der Waals surface area contributed by atoms with E-state index in [1.807, 2.05) is 48.8 Å². The van der Waals surface area contributed by atoms with Gasteiger partial charge in [-0.25, -0.2) is 4.98 Å². The van der Waals surface area contributed by atoms with Crippen LogP contribution in [0.15, 0.2) is 73.3 Å². The quantitative estimate of drug-likeness (QED) is 0.598. The first kappa shape index (κ1) is 15.1. The fourth-order valence-corrected chi connectivity index (χ4v) is 2.81. The molecule has 0 radical (unpaired) electrons. The molecule has 3 aromatic heterocycles.